The van der Waals surface area contributed by atoms with Crippen molar-refractivity contribution in [1.29, 1.82) is 0 Å². The number of carbonyl (C=O) groups is 2. The first-order valence-electron chi connectivity index (χ1n) is 7.62. The fraction of sp³-hybridized carbons (Fsp3) is 0.111. The molecule has 0 bridgehead atoms. The number of primary amides is 1. The van der Waals surface area contributed by atoms with E-state index < -0.39 is 47.3 Å². The SMILES string of the molecule is Cc1c(CC(N)=O)c2c(F)c(O)c(F)cc2n1C(=O)c1ccc(F)c(F)c1. The lowest BCUT2D eigenvalue weighted by molar-refractivity contribution is -0.117. The first-order valence-corrected chi connectivity index (χ1v) is 7.62. The van der Waals surface area contributed by atoms with Gasteiger partial charge >= 0.3 is 0 Å². The Balaban J connectivity index is 2.35. The molecule has 5 nitrogen and oxygen atoms in total. The van der Waals surface area contributed by atoms with Crippen LogP contribution in [0.5, 0.6) is 5.75 Å². The average Bonchev–Trinajstić information content (AvgIpc) is 2.86. The van der Waals surface area contributed by atoms with Crippen LogP contribution in [0.4, 0.5) is 17.6 Å². The van der Waals surface area contributed by atoms with Gasteiger partial charge in [0.05, 0.1) is 11.9 Å². The summed E-state index contributed by atoms with van der Waals surface area (Å²) in [5, 5.41) is 9.17. The zero-order valence-corrected chi connectivity index (χ0v) is 13.8. The van der Waals surface area contributed by atoms with E-state index in [9.17, 15) is 32.3 Å². The van der Waals surface area contributed by atoms with Gasteiger partial charge in [0.1, 0.15) is 0 Å². The molecule has 0 aliphatic rings. The van der Waals surface area contributed by atoms with Crippen LogP contribution in [0.2, 0.25) is 0 Å². The second-order valence-corrected chi connectivity index (χ2v) is 5.89. The predicted molar refractivity (Wildman–Crippen MR) is 87.2 cm³/mol. The van der Waals surface area contributed by atoms with Crippen molar-refractivity contribution in [2.75, 3.05) is 0 Å². The van der Waals surface area contributed by atoms with Crippen LogP contribution in [0.3, 0.4) is 0 Å². The smallest absolute Gasteiger partial charge is 0.262 e. The van der Waals surface area contributed by atoms with Gasteiger partial charge in [0.25, 0.3) is 5.91 Å². The van der Waals surface area contributed by atoms with E-state index >= 15 is 0 Å². The number of hydrogen-bond acceptors (Lipinski definition) is 3. The number of benzene rings is 2. The maximum atomic E-state index is 14.5. The number of halogens is 4. The lowest BCUT2D eigenvalue weighted by atomic mass is 10.1. The monoisotopic (exact) mass is 380 g/mol. The van der Waals surface area contributed by atoms with Crippen molar-refractivity contribution < 1.29 is 32.3 Å². The highest BCUT2D eigenvalue weighted by molar-refractivity contribution is 6.05. The molecule has 3 rings (SSSR count). The fourth-order valence-electron chi connectivity index (χ4n) is 2.97. The summed E-state index contributed by atoms with van der Waals surface area (Å²) in [6.45, 7) is 1.35. The minimum Gasteiger partial charge on any atom is -0.503 e. The first-order chi connectivity index (χ1) is 12.6. The van der Waals surface area contributed by atoms with Gasteiger partial charge in [0.2, 0.25) is 5.91 Å². The van der Waals surface area contributed by atoms with E-state index in [1.807, 2.05) is 0 Å². The van der Waals surface area contributed by atoms with Crippen LogP contribution in [0.1, 0.15) is 21.6 Å². The van der Waals surface area contributed by atoms with E-state index in [1.165, 1.54) is 6.92 Å². The third-order valence-electron chi connectivity index (χ3n) is 4.21. The summed E-state index contributed by atoms with van der Waals surface area (Å²) < 4.78 is 55.8. The molecule has 0 unspecified atom stereocenters. The van der Waals surface area contributed by atoms with Gasteiger partial charge in [-0.2, -0.15) is 0 Å². The summed E-state index contributed by atoms with van der Waals surface area (Å²) in [4.78, 5) is 24.1. The maximum absolute atomic E-state index is 14.5. The van der Waals surface area contributed by atoms with Crippen molar-refractivity contribution in [2.45, 2.75) is 13.3 Å². The van der Waals surface area contributed by atoms with Crippen LogP contribution in [-0.2, 0) is 11.2 Å². The molecule has 1 amide bonds. The highest BCUT2D eigenvalue weighted by Crippen LogP contribution is 2.35. The zero-order valence-electron chi connectivity index (χ0n) is 13.8. The molecule has 2 aromatic carbocycles. The molecule has 140 valence electrons. The Bertz CT molecular complexity index is 1120. The van der Waals surface area contributed by atoms with E-state index in [4.69, 9.17) is 5.73 Å². The van der Waals surface area contributed by atoms with Crippen molar-refractivity contribution in [1.82, 2.24) is 4.57 Å². The van der Waals surface area contributed by atoms with Gasteiger partial charge < -0.3 is 10.8 Å². The molecule has 3 N–H and O–H groups in total. The Kier molecular flexibility index (Phi) is 4.38. The van der Waals surface area contributed by atoms with Gasteiger partial charge in [-0.1, -0.05) is 0 Å². The van der Waals surface area contributed by atoms with Crippen molar-refractivity contribution in [3.8, 4) is 5.75 Å². The number of aromatic nitrogens is 1. The summed E-state index contributed by atoms with van der Waals surface area (Å²) in [6, 6.07) is 3.10. The molecule has 0 radical (unpaired) electrons. The molecule has 0 aliphatic carbocycles. The van der Waals surface area contributed by atoms with Crippen molar-refractivity contribution >= 4 is 22.7 Å². The van der Waals surface area contributed by atoms with Crippen molar-refractivity contribution in [2.24, 2.45) is 5.73 Å². The lowest BCUT2D eigenvalue weighted by Gasteiger charge is -2.08. The fourth-order valence-corrected chi connectivity index (χ4v) is 2.97. The molecular weight excluding hydrogens is 368 g/mol. The largest absolute Gasteiger partial charge is 0.503 e. The Hall–Kier alpha value is -3.36. The molecule has 9 heteroatoms. The standard InChI is InChI=1S/C18H12F4N2O3/c1-7-9(5-14(23)25)15-13(6-12(21)17(26)16(15)22)24(7)18(27)8-2-3-10(19)11(20)4-8/h2-4,6,26H,5H2,1H3,(H2,23,25). The van der Waals surface area contributed by atoms with Gasteiger partial charge in [-0.15, -0.1) is 0 Å². The van der Waals surface area contributed by atoms with E-state index in [0.29, 0.717) is 12.1 Å². The summed E-state index contributed by atoms with van der Waals surface area (Å²) in [5.41, 5.74) is 4.60. The second kappa shape index (κ2) is 6.42. The molecule has 0 fully saturated rings. The molecule has 0 atom stereocenters. The number of rotatable bonds is 3. The Morgan fingerprint density at radius 3 is 2.33 bits per heavy atom. The highest BCUT2D eigenvalue weighted by atomic mass is 19.2. The number of aromatic hydroxyl groups is 1. The Labute approximate surface area is 149 Å². The number of amides is 1. The molecular formula is C18H12F4N2O3. The minimum atomic E-state index is -1.36. The van der Waals surface area contributed by atoms with Gasteiger partial charge in [0.15, 0.2) is 29.0 Å². The normalized spacial score (nSPS) is 11.1. The zero-order chi connectivity index (χ0) is 20.0. The molecule has 0 saturated heterocycles. The van der Waals surface area contributed by atoms with E-state index in [0.717, 1.165) is 16.7 Å². The molecule has 27 heavy (non-hydrogen) atoms. The number of nitrogens with zero attached hydrogens (tertiary/aromatic N) is 1. The molecule has 0 aliphatic heterocycles. The van der Waals surface area contributed by atoms with E-state index in [2.05, 4.69) is 0 Å². The first kappa shape index (κ1) is 18.4. The number of hydrogen-bond donors (Lipinski definition) is 2. The van der Waals surface area contributed by atoms with Crippen LogP contribution in [-0.4, -0.2) is 21.5 Å². The molecule has 1 heterocycles. The van der Waals surface area contributed by atoms with E-state index in [-0.39, 0.29) is 27.7 Å². The number of fused-ring (bicyclic) bond motifs is 1. The predicted octanol–water partition coefficient (Wildman–Crippen LogP) is 2.93. The molecule has 0 saturated carbocycles. The summed E-state index contributed by atoms with van der Waals surface area (Å²) in [5.74, 6) is -8.16. The average molecular weight is 380 g/mol. The quantitative estimate of drug-likeness (QED) is 0.685. The Morgan fingerprint density at radius 1 is 1.07 bits per heavy atom. The number of phenols is 1. The lowest BCUT2D eigenvalue weighted by Crippen LogP contribution is -2.16. The van der Waals surface area contributed by atoms with Crippen LogP contribution in [0.25, 0.3) is 10.9 Å². The second-order valence-electron chi connectivity index (χ2n) is 5.89. The van der Waals surface area contributed by atoms with Crippen LogP contribution >= 0.6 is 0 Å². The summed E-state index contributed by atoms with van der Waals surface area (Å²) in [6.07, 6.45) is -0.484. The number of nitrogens with two attached hydrogens (primary N) is 1. The van der Waals surface area contributed by atoms with E-state index in [1.54, 1.807) is 0 Å². The summed E-state index contributed by atoms with van der Waals surface area (Å²) >= 11 is 0. The molecule has 1 aromatic heterocycles. The molecule has 0 spiro atoms. The van der Waals surface area contributed by atoms with Gasteiger partial charge in [-0.3, -0.25) is 14.2 Å². The van der Waals surface area contributed by atoms with Gasteiger partial charge in [-0.25, -0.2) is 17.6 Å². The van der Waals surface area contributed by atoms with Crippen LogP contribution < -0.4 is 5.73 Å². The van der Waals surface area contributed by atoms with Gasteiger partial charge in [0, 0.05) is 22.7 Å². The maximum Gasteiger partial charge on any atom is 0.262 e. The topological polar surface area (TPSA) is 85.3 Å². The third kappa shape index (κ3) is 2.90. The van der Waals surface area contributed by atoms with Crippen LogP contribution in [0, 0.1) is 30.2 Å². The number of phenolic OH excluding ortho intramolecular Hbond substituents is 1. The highest BCUT2D eigenvalue weighted by Gasteiger charge is 2.26. The number of carbonyl (C=O) groups excluding carboxylic acids is 2. The van der Waals surface area contributed by atoms with Crippen molar-refractivity contribution in [3.63, 3.8) is 0 Å². The third-order valence-corrected chi connectivity index (χ3v) is 4.21. The summed E-state index contributed by atoms with van der Waals surface area (Å²) in [7, 11) is 0. The van der Waals surface area contributed by atoms with Gasteiger partial charge in [-0.05, 0) is 30.7 Å². The minimum absolute atomic E-state index is 0.0266. The van der Waals surface area contributed by atoms with Crippen LogP contribution in [0.15, 0.2) is 24.3 Å². The Morgan fingerprint density at radius 2 is 1.74 bits per heavy atom. The van der Waals surface area contributed by atoms with Crippen molar-refractivity contribution in [3.05, 3.63) is 64.4 Å². The molecule has 3 aromatic rings.